The maximum Gasteiger partial charge on any atom is 0.127 e. The second-order valence-electron chi connectivity index (χ2n) is 4.88. The molecule has 0 bridgehead atoms. The summed E-state index contributed by atoms with van der Waals surface area (Å²) in [4.78, 5) is 0. The van der Waals surface area contributed by atoms with Crippen LogP contribution in [0, 0.1) is 0 Å². The summed E-state index contributed by atoms with van der Waals surface area (Å²) in [7, 11) is 3.25. The molecular formula is C17H20ClNO3. The van der Waals surface area contributed by atoms with Crippen LogP contribution in [0.4, 0.5) is 0 Å². The highest BCUT2D eigenvalue weighted by atomic mass is 35.5. The molecule has 0 aliphatic heterocycles. The van der Waals surface area contributed by atoms with Crippen LogP contribution < -0.4 is 14.8 Å². The Morgan fingerprint density at radius 1 is 1.09 bits per heavy atom. The summed E-state index contributed by atoms with van der Waals surface area (Å²) in [6.45, 7) is 1.04. The second kappa shape index (κ2) is 8.03. The van der Waals surface area contributed by atoms with E-state index in [1.165, 1.54) is 0 Å². The molecule has 0 aliphatic rings. The lowest BCUT2D eigenvalue weighted by atomic mass is 10.1. The van der Waals surface area contributed by atoms with Gasteiger partial charge in [-0.05, 0) is 23.8 Å². The number of halogens is 1. The van der Waals surface area contributed by atoms with E-state index in [0.29, 0.717) is 18.1 Å². The van der Waals surface area contributed by atoms with Crippen molar-refractivity contribution < 1.29 is 14.6 Å². The maximum absolute atomic E-state index is 10.1. The number of rotatable bonds is 7. The van der Waals surface area contributed by atoms with Crippen LogP contribution in [-0.2, 0) is 6.54 Å². The number of hydrogen-bond donors (Lipinski definition) is 2. The molecule has 118 valence electrons. The van der Waals surface area contributed by atoms with Crippen LogP contribution in [0.25, 0.3) is 0 Å². The van der Waals surface area contributed by atoms with E-state index in [9.17, 15) is 5.11 Å². The predicted octanol–water partition coefficient (Wildman–Crippen LogP) is 3.18. The third-order valence-corrected chi connectivity index (χ3v) is 3.65. The molecule has 2 aromatic rings. The van der Waals surface area contributed by atoms with E-state index in [4.69, 9.17) is 21.1 Å². The van der Waals surface area contributed by atoms with Gasteiger partial charge in [0, 0.05) is 29.7 Å². The van der Waals surface area contributed by atoms with Crippen molar-refractivity contribution in [3.63, 3.8) is 0 Å². The van der Waals surface area contributed by atoms with Gasteiger partial charge in [0.1, 0.15) is 11.5 Å². The highest BCUT2D eigenvalue weighted by Gasteiger charge is 2.09. The lowest BCUT2D eigenvalue weighted by molar-refractivity contribution is 0.174. The molecule has 0 fully saturated rings. The van der Waals surface area contributed by atoms with Crippen LogP contribution in [0.2, 0.25) is 5.02 Å². The predicted molar refractivity (Wildman–Crippen MR) is 87.7 cm³/mol. The first-order valence-corrected chi connectivity index (χ1v) is 7.37. The van der Waals surface area contributed by atoms with Crippen molar-refractivity contribution in [1.29, 1.82) is 0 Å². The van der Waals surface area contributed by atoms with Crippen molar-refractivity contribution in [2.24, 2.45) is 0 Å². The normalized spacial score (nSPS) is 12.0. The number of ether oxygens (including phenoxy) is 2. The van der Waals surface area contributed by atoms with Gasteiger partial charge >= 0.3 is 0 Å². The van der Waals surface area contributed by atoms with E-state index in [0.717, 1.165) is 22.6 Å². The standard InChI is InChI=1S/C17H20ClNO3/c1-21-15-8-5-13(17(9-15)22-2)10-19-11-16(20)12-3-6-14(18)7-4-12/h3-9,16,19-20H,10-11H2,1-2H3. The van der Waals surface area contributed by atoms with E-state index in [-0.39, 0.29) is 0 Å². The fraction of sp³-hybridized carbons (Fsp3) is 0.294. The number of nitrogens with one attached hydrogen (secondary N) is 1. The van der Waals surface area contributed by atoms with Crippen molar-refractivity contribution in [2.75, 3.05) is 20.8 Å². The molecule has 1 unspecified atom stereocenters. The third-order valence-electron chi connectivity index (χ3n) is 3.40. The molecule has 0 heterocycles. The average molecular weight is 322 g/mol. The number of aliphatic hydroxyl groups excluding tert-OH is 1. The topological polar surface area (TPSA) is 50.7 Å². The highest BCUT2D eigenvalue weighted by molar-refractivity contribution is 6.30. The first-order valence-electron chi connectivity index (χ1n) is 6.99. The van der Waals surface area contributed by atoms with Gasteiger partial charge in [0.05, 0.1) is 20.3 Å². The highest BCUT2D eigenvalue weighted by Crippen LogP contribution is 2.24. The van der Waals surface area contributed by atoms with E-state index in [1.807, 2.05) is 30.3 Å². The van der Waals surface area contributed by atoms with Gasteiger partial charge in [-0.3, -0.25) is 0 Å². The van der Waals surface area contributed by atoms with Crippen LogP contribution in [0.1, 0.15) is 17.2 Å². The van der Waals surface area contributed by atoms with Crippen molar-refractivity contribution in [3.05, 3.63) is 58.6 Å². The summed E-state index contributed by atoms with van der Waals surface area (Å²) in [5, 5.41) is 14.0. The molecular weight excluding hydrogens is 302 g/mol. The van der Waals surface area contributed by atoms with Gasteiger partial charge in [0.25, 0.3) is 0 Å². The summed E-state index contributed by atoms with van der Waals surface area (Å²) in [5.74, 6) is 1.51. The summed E-state index contributed by atoms with van der Waals surface area (Å²) in [6.07, 6.45) is -0.582. The molecule has 1 atom stereocenters. The van der Waals surface area contributed by atoms with E-state index in [1.54, 1.807) is 26.4 Å². The Hall–Kier alpha value is -1.75. The molecule has 0 saturated carbocycles. The molecule has 22 heavy (non-hydrogen) atoms. The minimum Gasteiger partial charge on any atom is -0.497 e. The molecule has 0 amide bonds. The molecule has 0 spiro atoms. The molecule has 0 saturated heterocycles. The SMILES string of the molecule is COc1ccc(CNCC(O)c2ccc(Cl)cc2)c(OC)c1. The van der Waals surface area contributed by atoms with Gasteiger partial charge in [0.15, 0.2) is 0 Å². The Kier molecular flexibility index (Phi) is 6.07. The Labute approximate surface area is 135 Å². The Morgan fingerprint density at radius 3 is 2.45 bits per heavy atom. The number of methoxy groups -OCH3 is 2. The number of hydrogen-bond acceptors (Lipinski definition) is 4. The zero-order chi connectivity index (χ0) is 15.9. The van der Waals surface area contributed by atoms with Crippen molar-refractivity contribution in [1.82, 2.24) is 5.32 Å². The molecule has 2 rings (SSSR count). The minimum absolute atomic E-state index is 0.441. The van der Waals surface area contributed by atoms with Gasteiger partial charge in [0.2, 0.25) is 0 Å². The molecule has 0 aromatic heterocycles. The van der Waals surface area contributed by atoms with E-state index < -0.39 is 6.10 Å². The lowest BCUT2D eigenvalue weighted by Crippen LogP contribution is -2.21. The summed E-state index contributed by atoms with van der Waals surface area (Å²) >= 11 is 5.84. The van der Waals surface area contributed by atoms with Crippen LogP contribution in [0.5, 0.6) is 11.5 Å². The Bertz CT molecular complexity index is 601. The number of aliphatic hydroxyl groups is 1. The second-order valence-corrected chi connectivity index (χ2v) is 5.31. The molecule has 2 aromatic carbocycles. The first kappa shape index (κ1) is 16.6. The average Bonchev–Trinajstić information content (AvgIpc) is 2.55. The third kappa shape index (κ3) is 4.37. The quantitative estimate of drug-likeness (QED) is 0.822. The van der Waals surface area contributed by atoms with Crippen LogP contribution >= 0.6 is 11.6 Å². The zero-order valence-corrected chi connectivity index (χ0v) is 13.4. The first-order chi connectivity index (χ1) is 10.6. The Morgan fingerprint density at radius 2 is 1.82 bits per heavy atom. The van der Waals surface area contributed by atoms with E-state index in [2.05, 4.69) is 5.32 Å². The van der Waals surface area contributed by atoms with E-state index >= 15 is 0 Å². The molecule has 0 radical (unpaired) electrons. The molecule has 0 aliphatic carbocycles. The van der Waals surface area contributed by atoms with Crippen molar-refractivity contribution in [3.8, 4) is 11.5 Å². The van der Waals surface area contributed by atoms with Crippen LogP contribution in [0.15, 0.2) is 42.5 Å². The summed E-state index contributed by atoms with van der Waals surface area (Å²) in [5.41, 5.74) is 1.84. The minimum atomic E-state index is -0.582. The molecule has 2 N–H and O–H groups in total. The van der Waals surface area contributed by atoms with Crippen LogP contribution in [0.3, 0.4) is 0 Å². The maximum atomic E-state index is 10.1. The largest absolute Gasteiger partial charge is 0.497 e. The summed E-state index contributed by atoms with van der Waals surface area (Å²) in [6, 6.07) is 12.9. The molecule has 4 nitrogen and oxygen atoms in total. The van der Waals surface area contributed by atoms with Crippen LogP contribution in [-0.4, -0.2) is 25.9 Å². The van der Waals surface area contributed by atoms with Gasteiger partial charge in [-0.2, -0.15) is 0 Å². The van der Waals surface area contributed by atoms with Crippen molar-refractivity contribution in [2.45, 2.75) is 12.6 Å². The molecule has 5 heteroatoms. The monoisotopic (exact) mass is 321 g/mol. The fourth-order valence-electron chi connectivity index (χ4n) is 2.14. The summed E-state index contributed by atoms with van der Waals surface area (Å²) < 4.78 is 10.5. The number of benzene rings is 2. The Balaban J connectivity index is 1.91. The smallest absolute Gasteiger partial charge is 0.127 e. The van der Waals surface area contributed by atoms with Gasteiger partial charge in [-0.1, -0.05) is 29.8 Å². The lowest BCUT2D eigenvalue weighted by Gasteiger charge is -2.14. The fourth-order valence-corrected chi connectivity index (χ4v) is 2.27. The van der Waals surface area contributed by atoms with Gasteiger partial charge < -0.3 is 19.9 Å². The van der Waals surface area contributed by atoms with Gasteiger partial charge in [-0.15, -0.1) is 0 Å². The van der Waals surface area contributed by atoms with Gasteiger partial charge in [-0.25, -0.2) is 0 Å². The zero-order valence-electron chi connectivity index (χ0n) is 12.7. The van der Waals surface area contributed by atoms with Crippen molar-refractivity contribution >= 4 is 11.6 Å².